The number of hydrogen-bond acceptors (Lipinski definition) is 5. The summed E-state index contributed by atoms with van der Waals surface area (Å²) in [5.74, 6) is 0.466. The van der Waals surface area contributed by atoms with Crippen LogP contribution in [0.5, 0.6) is 0 Å². The van der Waals surface area contributed by atoms with Gasteiger partial charge in [0.05, 0.1) is 11.5 Å². The molecule has 2 heterocycles. The highest BCUT2D eigenvalue weighted by molar-refractivity contribution is 5.61. The normalized spacial score (nSPS) is 16.7. The summed E-state index contributed by atoms with van der Waals surface area (Å²) in [5, 5.41) is 15.5. The summed E-state index contributed by atoms with van der Waals surface area (Å²) < 4.78 is 26.2. The quantitative estimate of drug-likeness (QED) is 0.605. The molecule has 7 nitrogen and oxygen atoms in total. The van der Waals surface area contributed by atoms with E-state index in [9.17, 15) is 18.9 Å². The van der Waals surface area contributed by atoms with Gasteiger partial charge in [-0.15, -0.1) is 0 Å². The number of alkyl halides is 2. The highest BCUT2D eigenvalue weighted by Crippen LogP contribution is 2.32. The SMILES string of the molecule is CCc1nn(C)c(N2CCN(CC(F)F)CC2)c1[N+](=O)[O-]. The smallest absolute Gasteiger partial charge is 0.334 e. The Kier molecular flexibility index (Phi) is 4.71. The Labute approximate surface area is 121 Å². The number of rotatable bonds is 5. The summed E-state index contributed by atoms with van der Waals surface area (Å²) in [4.78, 5) is 14.4. The van der Waals surface area contributed by atoms with Gasteiger partial charge in [-0.3, -0.25) is 15.0 Å². The second kappa shape index (κ2) is 6.33. The summed E-state index contributed by atoms with van der Waals surface area (Å²) in [6, 6.07) is 0. The fourth-order valence-electron chi connectivity index (χ4n) is 2.68. The van der Waals surface area contributed by atoms with Crippen LogP contribution >= 0.6 is 0 Å². The van der Waals surface area contributed by atoms with E-state index < -0.39 is 11.3 Å². The van der Waals surface area contributed by atoms with Crippen LogP contribution in [0.2, 0.25) is 0 Å². The third kappa shape index (κ3) is 3.29. The van der Waals surface area contributed by atoms with Gasteiger partial charge in [0.15, 0.2) is 0 Å². The van der Waals surface area contributed by atoms with E-state index in [4.69, 9.17) is 0 Å². The van der Waals surface area contributed by atoms with Crippen molar-refractivity contribution >= 4 is 11.5 Å². The first kappa shape index (κ1) is 15.6. The van der Waals surface area contributed by atoms with E-state index in [-0.39, 0.29) is 12.2 Å². The van der Waals surface area contributed by atoms with Crippen molar-refractivity contribution in [2.75, 3.05) is 37.6 Å². The van der Waals surface area contributed by atoms with E-state index in [1.165, 1.54) is 4.68 Å². The van der Waals surface area contributed by atoms with Gasteiger partial charge >= 0.3 is 5.69 Å². The van der Waals surface area contributed by atoms with Crippen molar-refractivity contribution in [1.82, 2.24) is 14.7 Å². The van der Waals surface area contributed by atoms with Gasteiger partial charge in [-0.05, 0) is 6.42 Å². The molecule has 0 aromatic carbocycles. The Hall–Kier alpha value is -1.77. The van der Waals surface area contributed by atoms with Gasteiger partial charge in [-0.1, -0.05) is 6.92 Å². The molecule has 0 aliphatic carbocycles. The third-order valence-electron chi connectivity index (χ3n) is 3.65. The lowest BCUT2D eigenvalue weighted by Gasteiger charge is -2.35. The van der Waals surface area contributed by atoms with Crippen molar-refractivity contribution in [2.24, 2.45) is 7.05 Å². The second-order valence-electron chi connectivity index (χ2n) is 5.03. The lowest BCUT2D eigenvalue weighted by atomic mass is 10.2. The van der Waals surface area contributed by atoms with Crippen molar-refractivity contribution in [3.05, 3.63) is 15.8 Å². The Morgan fingerprint density at radius 2 is 1.95 bits per heavy atom. The molecule has 1 fully saturated rings. The van der Waals surface area contributed by atoms with Crippen LogP contribution in [0.25, 0.3) is 0 Å². The van der Waals surface area contributed by atoms with E-state index in [0.29, 0.717) is 44.1 Å². The van der Waals surface area contributed by atoms with Crippen molar-refractivity contribution in [1.29, 1.82) is 0 Å². The molecule has 0 amide bonds. The van der Waals surface area contributed by atoms with Gasteiger partial charge in [-0.2, -0.15) is 5.10 Å². The molecule has 1 aliphatic heterocycles. The van der Waals surface area contributed by atoms with E-state index in [2.05, 4.69) is 5.10 Å². The van der Waals surface area contributed by atoms with Gasteiger partial charge in [0.2, 0.25) is 5.82 Å². The lowest BCUT2D eigenvalue weighted by Crippen LogP contribution is -2.48. The number of piperazine rings is 1. The molecule has 0 saturated carbocycles. The van der Waals surface area contributed by atoms with Gasteiger partial charge < -0.3 is 4.90 Å². The fourth-order valence-corrected chi connectivity index (χ4v) is 2.68. The first-order chi connectivity index (χ1) is 9.93. The summed E-state index contributed by atoms with van der Waals surface area (Å²) >= 11 is 0. The molecule has 1 aromatic heterocycles. The Morgan fingerprint density at radius 3 is 2.43 bits per heavy atom. The topological polar surface area (TPSA) is 67.4 Å². The maximum absolute atomic E-state index is 12.4. The first-order valence-corrected chi connectivity index (χ1v) is 6.89. The van der Waals surface area contributed by atoms with Crippen molar-refractivity contribution in [3.63, 3.8) is 0 Å². The van der Waals surface area contributed by atoms with Crippen LogP contribution in [-0.2, 0) is 13.5 Å². The largest absolute Gasteiger partial charge is 0.349 e. The minimum atomic E-state index is -2.35. The van der Waals surface area contributed by atoms with Crippen LogP contribution in [0.1, 0.15) is 12.6 Å². The standard InChI is InChI=1S/C12H19F2N5O2/c1-3-9-11(19(20)21)12(16(2)15-9)18-6-4-17(5-7-18)8-10(13)14/h10H,3-8H2,1-2H3. The Bertz CT molecular complexity index is 512. The predicted octanol–water partition coefficient (Wildman–Crippen LogP) is 1.28. The maximum Gasteiger partial charge on any atom is 0.334 e. The average Bonchev–Trinajstić information content (AvgIpc) is 2.76. The van der Waals surface area contributed by atoms with Gasteiger partial charge in [-0.25, -0.2) is 13.5 Å². The monoisotopic (exact) mass is 303 g/mol. The second-order valence-corrected chi connectivity index (χ2v) is 5.03. The van der Waals surface area contributed by atoms with Gasteiger partial charge in [0.1, 0.15) is 5.69 Å². The van der Waals surface area contributed by atoms with Crippen molar-refractivity contribution < 1.29 is 13.7 Å². The number of halogens is 2. The number of nitro groups is 1. The minimum Gasteiger partial charge on any atom is -0.349 e. The molecule has 0 unspecified atom stereocenters. The van der Waals surface area contributed by atoms with E-state index in [1.807, 2.05) is 11.8 Å². The summed E-state index contributed by atoms with van der Waals surface area (Å²) in [5.41, 5.74) is 0.481. The van der Waals surface area contributed by atoms with Crippen LogP contribution < -0.4 is 4.90 Å². The number of aryl methyl sites for hydroxylation is 2. The lowest BCUT2D eigenvalue weighted by molar-refractivity contribution is -0.384. The molecular weight excluding hydrogens is 284 g/mol. The molecule has 0 N–H and O–H groups in total. The molecule has 9 heteroatoms. The molecule has 1 aliphatic rings. The third-order valence-corrected chi connectivity index (χ3v) is 3.65. The molecule has 0 spiro atoms. The molecule has 1 saturated heterocycles. The van der Waals surface area contributed by atoms with Crippen LogP contribution in [0.3, 0.4) is 0 Å². The Balaban J connectivity index is 2.17. The van der Waals surface area contributed by atoms with Crippen LogP contribution in [0.4, 0.5) is 20.3 Å². The average molecular weight is 303 g/mol. The molecule has 0 bridgehead atoms. The molecule has 21 heavy (non-hydrogen) atoms. The summed E-state index contributed by atoms with van der Waals surface area (Å²) in [6.07, 6.45) is -1.87. The summed E-state index contributed by atoms with van der Waals surface area (Å²) in [6.45, 7) is 3.47. The van der Waals surface area contributed by atoms with E-state index >= 15 is 0 Å². The number of nitrogens with zero attached hydrogens (tertiary/aromatic N) is 5. The van der Waals surface area contributed by atoms with Gasteiger partial charge in [0.25, 0.3) is 6.43 Å². The van der Waals surface area contributed by atoms with Crippen LogP contribution in [0, 0.1) is 10.1 Å². The fraction of sp³-hybridized carbons (Fsp3) is 0.750. The zero-order valence-corrected chi connectivity index (χ0v) is 12.1. The molecule has 1 aromatic rings. The maximum atomic E-state index is 12.4. The number of aromatic nitrogens is 2. The molecule has 118 valence electrons. The van der Waals surface area contributed by atoms with E-state index in [0.717, 1.165) is 0 Å². The first-order valence-electron chi connectivity index (χ1n) is 6.89. The van der Waals surface area contributed by atoms with Crippen molar-refractivity contribution in [3.8, 4) is 0 Å². The highest BCUT2D eigenvalue weighted by Gasteiger charge is 2.31. The molecular formula is C12H19F2N5O2. The highest BCUT2D eigenvalue weighted by atomic mass is 19.3. The van der Waals surface area contributed by atoms with Crippen molar-refractivity contribution in [2.45, 2.75) is 19.8 Å². The zero-order chi connectivity index (χ0) is 15.6. The van der Waals surface area contributed by atoms with Crippen LogP contribution in [-0.4, -0.2) is 58.8 Å². The zero-order valence-electron chi connectivity index (χ0n) is 12.1. The molecule has 0 atom stereocenters. The molecule has 2 rings (SSSR count). The Morgan fingerprint density at radius 1 is 1.33 bits per heavy atom. The minimum absolute atomic E-state index is 0.0299. The van der Waals surface area contributed by atoms with Crippen LogP contribution in [0.15, 0.2) is 0 Å². The molecule has 0 radical (unpaired) electrons. The number of hydrogen-bond donors (Lipinski definition) is 0. The summed E-state index contributed by atoms with van der Waals surface area (Å²) in [7, 11) is 1.67. The predicted molar refractivity (Wildman–Crippen MR) is 73.9 cm³/mol. The van der Waals surface area contributed by atoms with Gasteiger partial charge in [0, 0.05) is 33.2 Å². The number of anilines is 1. The van der Waals surface area contributed by atoms with E-state index in [1.54, 1.807) is 11.9 Å².